The molecule has 2 aliphatic heterocycles. The van der Waals surface area contributed by atoms with Crippen molar-refractivity contribution < 1.29 is 17.9 Å². The molecule has 0 spiro atoms. The number of rotatable bonds is 4. The van der Waals surface area contributed by atoms with Crippen LogP contribution in [0.15, 0.2) is 23.1 Å². The molecule has 1 atom stereocenters. The van der Waals surface area contributed by atoms with Crippen molar-refractivity contribution in [3.8, 4) is 5.75 Å². The molecule has 1 aromatic rings. The van der Waals surface area contributed by atoms with Crippen molar-refractivity contribution in [3.05, 3.63) is 23.8 Å². The van der Waals surface area contributed by atoms with Crippen molar-refractivity contribution in [2.45, 2.75) is 44.4 Å². The Balaban J connectivity index is 1.65. The van der Waals surface area contributed by atoms with Crippen LogP contribution >= 0.6 is 0 Å². The molecule has 27 heavy (non-hydrogen) atoms. The van der Waals surface area contributed by atoms with E-state index in [1.807, 2.05) is 4.90 Å². The normalized spacial score (nSPS) is 22.6. The maximum atomic E-state index is 13.0. The summed E-state index contributed by atoms with van der Waals surface area (Å²) < 4.78 is 32.7. The molecule has 6 nitrogen and oxygen atoms in total. The Morgan fingerprint density at radius 3 is 2.44 bits per heavy atom. The predicted octanol–water partition coefficient (Wildman–Crippen LogP) is 2.66. The molecule has 7 heteroatoms. The van der Waals surface area contributed by atoms with E-state index < -0.39 is 10.0 Å². The minimum absolute atomic E-state index is 0.0567. The summed E-state index contributed by atoms with van der Waals surface area (Å²) in [6.45, 7) is 6.44. The Hall–Kier alpha value is -1.60. The standard InChI is InChI=1S/C20H30N2O4S/c1-15-5-4-10-21(14-15)20(23)17-8-11-22(12-9-17)27(24,25)19-7-6-18(26-3)13-16(19)2/h6-7,13,15,17H,4-5,8-12,14H2,1-3H3. The molecule has 0 N–H and O–H groups in total. The van der Waals surface area contributed by atoms with Gasteiger partial charge in [0.2, 0.25) is 15.9 Å². The van der Waals surface area contributed by atoms with Crippen molar-refractivity contribution in [2.75, 3.05) is 33.3 Å². The number of carbonyl (C=O) groups is 1. The molecule has 1 unspecified atom stereocenters. The number of carbonyl (C=O) groups excluding carboxylic acids is 1. The zero-order valence-corrected chi connectivity index (χ0v) is 17.3. The van der Waals surface area contributed by atoms with E-state index >= 15 is 0 Å². The highest BCUT2D eigenvalue weighted by atomic mass is 32.2. The number of ether oxygens (including phenoxy) is 1. The number of hydrogen-bond acceptors (Lipinski definition) is 4. The molecule has 0 saturated carbocycles. The fraction of sp³-hybridized carbons (Fsp3) is 0.650. The summed E-state index contributed by atoms with van der Waals surface area (Å²) in [4.78, 5) is 15.1. The van der Waals surface area contributed by atoms with Gasteiger partial charge >= 0.3 is 0 Å². The Morgan fingerprint density at radius 2 is 1.85 bits per heavy atom. The third kappa shape index (κ3) is 4.29. The summed E-state index contributed by atoms with van der Waals surface area (Å²) >= 11 is 0. The summed E-state index contributed by atoms with van der Waals surface area (Å²) in [6, 6.07) is 5.02. The van der Waals surface area contributed by atoms with Gasteiger partial charge in [0.05, 0.1) is 12.0 Å². The van der Waals surface area contributed by atoms with Crippen LogP contribution in [0.2, 0.25) is 0 Å². The monoisotopic (exact) mass is 394 g/mol. The van der Waals surface area contributed by atoms with Gasteiger partial charge in [-0.15, -0.1) is 0 Å². The van der Waals surface area contributed by atoms with Crippen LogP contribution in [0.25, 0.3) is 0 Å². The number of methoxy groups -OCH3 is 1. The summed E-state index contributed by atoms with van der Waals surface area (Å²) in [5.41, 5.74) is 0.676. The molecule has 2 fully saturated rings. The van der Waals surface area contributed by atoms with E-state index in [1.165, 1.54) is 10.7 Å². The first-order valence-electron chi connectivity index (χ1n) is 9.76. The lowest BCUT2D eigenvalue weighted by Gasteiger charge is -2.36. The molecule has 2 saturated heterocycles. The highest BCUT2D eigenvalue weighted by Crippen LogP contribution is 2.29. The SMILES string of the molecule is COc1ccc(S(=O)(=O)N2CCC(C(=O)N3CCCC(C)C3)CC2)c(C)c1. The second kappa shape index (κ2) is 8.19. The molecule has 2 aliphatic rings. The van der Waals surface area contributed by atoms with Crippen LogP contribution in [0, 0.1) is 18.8 Å². The van der Waals surface area contributed by atoms with Gasteiger partial charge in [0.25, 0.3) is 0 Å². The molecule has 0 radical (unpaired) electrons. The van der Waals surface area contributed by atoms with Crippen molar-refractivity contribution in [2.24, 2.45) is 11.8 Å². The molecule has 1 amide bonds. The van der Waals surface area contributed by atoms with Crippen LogP contribution in [0.3, 0.4) is 0 Å². The van der Waals surface area contributed by atoms with Crippen LogP contribution in [0.5, 0.6) is 5.75 Å². The maximum absolute atomic E-state index is 13.0. The second-order valence-electron chi connectivity index (χ2n) is 7.84. The van der Waals surface area contributed by atoms with Gasteiger partial charge in [-0.2, -0.15) is 4.31 Å². The summed E-state index contributed by atoms with van der Waals surface area (Å²) in [6.07, 6.45) is 3.44. The van der Waals surface area contributed by atoms with Crippen molar-refractivity contribution in [3.63, 3.8) is 0 Å². The Labute approximate surface area is 162 Å². The molecule has 3 rings (SSSR count). The van der Waals surface area contributed by atoms with Crippen LogP contribution in [0.1, 0.15) is 38.2 Å². The van der Waals surface area contributed by atoms with E-state index in [9.17, 15) is 13.2 Å². The minimum atomic E-state index is -3.55. The number of nitrogens with zero attached hydrogens (tertiary/aromatic N) is 2. The first-order chi connectivity index (χ1) is 12.8. The van der Waals surface area contributed by atoms with E-state index in [4.69, 9.17) is 4.74 Å². The molecule has 150 valence electrons. The number of benzene rings is 1. The van der Waals surface area contributed by atoms with E-state index in [-0.39, 0.29) is 11.8 Å². The van der Waals surface area contributed by atoms with Gasteiger partial charge in [-0.25, -0.2) is 8.42 Å². The lowest BCUT2D eigenvalue weighted by Crippen LogP contribution is -2.47. The molecule has 2 heterocycles. The zero-order valence-electron chi connectivity index (χ0n) is 16.5. The molecule has 0 aromatic heterocycles. The van der Waals surface area contributed by atoms with E-state index in [2.05, 4.69) is 6.92 Å². The first-order valence-corrected chi connectivity index (χ1v) is 11.2. The largest absolute Gasteiger partial charge is 0.497 e. The van der Waals surface area contributed by atoms with Crippen LogP contribution in [0.4, 0.5) is 0 Å². The third-order valence-corrected chi connectivity index (χ3v) is 7.83. The average molecular weight is 395 g/mol. The maximum Gasteiger partial charge on any atom is 0.243 e. The van der Waals surface area contributed by atoms with E-state index in [0.29, 0.717) is 48.1 Å². The molecular weight excluding hydrogens is 364 g/mol. The van der Waals surface area contributed by atoms with E-state index in [1.54, 1.807) is 32.2 Å². The third-order valence-electron chi connectivity index (χ3n) is 5.77. The highest BCUT2D eigenvalue weighted by Gasteiger charge is 2.35. The van der Waals surface area contributed by atoms with Crippen molar-refractivity contribution in [1.82, 2.24) is 9.21 Å². The van der Waals surface area contributed by atoms with Crippen LogP contribution in [-0.2, 0) is 14.8 Å². The van der Waals surface area contributed by atoms with Gasteiger partial charge in [0.15, 0.2) is 0 Å². The zero-order chi connectivity index (χ0) is 19.6. The number of piperidine rings is 2. The Kier molecular flexibility index (Phi) is 6.11. The number of aryl methyl sites for hydroxylation is 1. The minimum Gasteiger partial charge on any atom is -0.497 e. The average Bonchev–Trinajstić information content (AvgIpc) is 2.67. The quantitative estimate of drug-likeness (QED) is 0.787. The smallest absolute Gasteiger partial charge is 0.243 e. The summed E-state index contributed by atoms with van der Waals surface area (Å²) in [5.74, 6) is 1.35. The summed E-state index contributed by atoms with van der Waals surface area (Å²) in [5, 5.41) is 0. The van der Waals surface area contributed by atoms with Gasteiger partial charge in [-0.05, 0) is 62.3 Å². The fourth-order valence-corrected chi connectivity index (χ4v) is 5.84. The molecule has 0 bridgehead atoms. The van der Waals surface area contributed by atoms with Gasteiger partial charge in [-0.3, -0.25) is 4.79 Å². The molecular formula is C20H30N2O4S. The van der Waals surface area contributed by atoms with Gasteiger partial charge in [-0.1, -0.05) is 6.92 Å². The number of likely N-dealkylation sites (tertiary alicyclic amines) is 1. The number of sulfonamides is 1. The van der Waals surface area contributed by atoms with Gasteiger partial charge in [0.1, 0.15) is 5.75 Å². The first kappa shape index (κ1) is 20.1. The highest BCUT2D eigenvalue weighted by molar-refractivity contribution is 7.89. The predicted molar refractivity (Wildman–Crippen MR) is 104 cm³/mol. The topological polar surface area (TPSA) is 66.9 Å². The lowest BCUT2D eigenvalue weighted by atomic mass is 9.93. The number of hydrogen-bond donors (Lipinski definition) is 0. The van der Waals surface area contributed by atoms with Crippen LogP contribution in [-0.4, -0.2) is 56.8 Å². The molecule has 0 aliphatic carbocycles. The van der Waals surface area contributed by atoms with Crippen LogP contribution < -0.4 is 4.74 Å². The lowest BCUT2D eigenvalue weighted by molar-refractivity contribution is -0.138. The fourth-order valence-electron chi connectivity index (χ4n) is 4.17. The summed E-state index contributed by atoms with van der Waals surface area (Å²) in [7, 11) is -1.98. The second-order valence-corrected chi connectivity index (χ2v) is 9.75. The van der Waals surface area contributed by atoms with Gasteiger partial charge in [0, 0.05) is 32.1 Å². The molecule has 1 aromatic carbocycles. The van der Waals surface area contributed by atoms with E-state index in [0.717, 1.165) is 19.5 Å². The van der Waals surface area contributed by atoms with Crippen molar-refractivity contribution >= 4 is 15.9 Å². The number of amides is 1. The van der Waals surface area contributed by atoms with Crippen molar-refractivity contribution in [1.29, 1.82) is 0 Å². The Bertz CT molecular complexity index is 785. The van der Waals surface area contributed by atoms with Gasteiger partial charge < -0.3 is 9.64 Å². The Morgan fingerprint density at radius 1 is 1.15 bits per heavy atom.